The molecule has 1 aliphatic rings. The van der Waals surface area contributed by atoms with Gasteiger partial charge in [0.1, 0.15) is 18.1 Å². The number of amides is 2. The van der Waals surface area contributed by atoms with Crippen molar-refractivity contribution in [3.05, 3.63) is 77.0 Å². The summed E-state index contributed by atoms with van der Waals surface area (Å²) in [6.07, 6.45) is -4.06. The molecule has 1 aliphatic heterocycles. The van der Waals surface area contributed by atoms with E-state index in [2.05, 4.69) is 5.32 Å². The van der Waals surface area contributed by atoms with Crippen molar-refractivity contribution in [2.24, 2.45) is 0 Å². The number of nitrogens with one attached hydrogen (secondary N) is 1. The minimum absolute atomic E-state index is 0.00325. The number of fused-ring (bicyclic) bond motifs is 1. The summed E-state index contributed by atoms with van der Waals surface area (Å²) in [5.74, 6) is 0.567. The van der Waals surface area contributed by atoms with Crippen LogP contribution in [0.3, 0.4) is 0 Å². The average molecular weight is 458 g/mol. The number of nitrogens with zero attached hydrogens (tertiary/aromatic N) is 1. The molecule has 1 N–H and O–H groups in total. The van der Waals surface area contributed by atoms with Gasteiger partial charge in [-0.15, -0.1) is 0 Å². The lowest BCUT2D eigenvalue weighted by atomic mass is 10.0. The lowest BCUT2D eigenvalue weighted by Crippen LogP contribution is -2.35. The van der Waals surface area contributed by atoms with Crippen LogP contribution in [0.25, 0.3) is 11.3 Å². The van der Waals surface area contributed by atoms with Crippen LogP contribution in [0.15, 0.2) is 59.0 Å². The maximum absolute atomic E-state index is 13.0. The van der Waals surface area contributed by atoms with E-state index in [1.807, 2.05) is 12.1 Å². The van der Waals surface area contributed by atoms with Crippen LogP contribution in [0, 0.1) is 0 Å². The molecule has 0 radical (unpaired) electrons. The molecule has 0 fully saturated rings. The fourth-order valence-electron chi connectivity index (χ4n) is 3.74. The van der Waals surface area contributed by atoms with Crippen molar-refractivity contribution < 1.29 is 31.9 Å². The molecule has 9 heteroatoms. The van der Waals surface area contributed by atoms with Gasteiger partial charge in [-0.1, -0.05) is 18.2 Å². The summed E-state index contributed by atoms with van der Waals surface area (Å²) in [4.78, 5) is 26.1. The molecule has 0 spiro atoms. The molecule has 4 rings (SSSR count). The van der Waals surface area contributed by atoms with Gasteiger partial charge >= 0.3 is 6.18 Å². The first-order chi connectivity index (χ1) is 15.7. The lowest BCUT2D eigenvalue weighted by molar-refractivity contribution is -0.137. The molecule has 0 saturated carbocycles. The van der Waals surface area contributed by atoms with Gasteiger partial charge in [0.2, 0.25) is 5.91 Å². The van der Waals surface area contributed by atoms with Crippen molar-refractivity contribution >= 4 is 17.5 Å². The number of halogens is 3. The Morgan fingerprint density at radius 3 is 2.67 bits per heavy atom. The van der Waals surface area contributed by atoms with E-state index in [-0.39, 0.29) is 24.6 Å². The van der Waals surface area contributed by atoms with Gasteiger partial charge < -0.3 is 19.4 Å². The van der Waals surface area contributed by atoms with Gasteiger partial charge in [-0.25, -0.2) is 0 Å². The highest BCUT2D eigenvalue weighted by Crippen LogP contribution is 2.32. The summed E-state index contributed by atoms with van der Waals surface area (Å²) >= 11 is 0. The summed E-state index contributed by atoms with van der Waals surface area (Å²) in [7, 11) is 1.43. The van der Waals surface area contributed by atoms with E-state index in [9.17, 15) is 22.8 Å². The van der Waals surface area contributed by atoms with Gasteiger partial charge in [0, 0.05) is 49.0 Å². The molecule has 172 valence electrons. The van der Waals surface area contributed by atoms with E-state index in [4.69, 9.17) is 9.15 Å². The SMILES string of the molecule is COCC(=O)Nc1cccc(-c2cc3c(o2)CCN(C(=O)c2cccc(C(F)(F)F)c2)C3)c1. The lowest BCUT2D eigenvalue weighted by Gasteiger charge is -2.26. The fourth-order valence-corrected chi connectivity index (χ4v) is 3.74. The van der Waals surface area contributed by atoms with Crippen LogP contribution in [-0.4, -0.2) is 37.0 Å². The van der Waals surface area contributed by atoms with Crippen LogP contribution in [-0.2, 0) is 28.7 Å². The number of methoxy groups -OCH3 is 1. The molecule has 0 aliphatic carbocycles. The summed E-state index contributed by atoms with van der Waals surface area (Å²) in [6.45, 7) is 0.509. The fraction of sp³-hybridized carbons (Fsp3) is 0.250. The molecule has 2 aromatic carbocycles. The predicted molar refractivity (Wildman–Crippen MR) is 115 cm³/mol. The van der Waals surface area contributed by atoms with Crippen LogP contribution < -0.4 is 5.32 Å². The molecule has 0 saturated heterocycles. The van der Waals surface area contributed by atoms with Gasteiger partial charge in [0.15, 0.2) is 0 Å². The summed E-state index contributed by atoms with van der Waals surface area (Å²) < 4.78 is 49.8. The van der Waals surface area contributed by atoms with E-state index < -0.39 is 17.6 Å². The van der Waals surface area contributed by atoms with Crippen LogP contribution in [0.2, 0.25) is 0 Å². The number of rotatable bonds is 5. The quantitative estimate of drug-likeness (QED) is 0.599. The number of alkyl halides is 3. The Kier molecular flexibility index (Phi) is 6.24. The smallest absolute Gasteiger partial charge is 0.416 e. The van der Waals surface area contributed by atoms with E-state index in [1.165, 1.54) is 24.1 Å². The van der Waals surface area contributed by atoms with Gasteiger partial charge in [-0.05, 0) is 36.4 Å². The van der Waals surface area contributed by atoms with Crippen molar-refractivity contribution in [1.29, 1.82) is 0 Å². The number of furan rings is 1. The van der Waals surface area contributed by atoms with Gasteiger partial charge in [-0.3, -0.25) is 9.59 Å². The molecular formula is C24H21F3N2O4. The second-order valence-corrected chi connectivity index (χ2v) is 7.68. The Morgan fingerprint density at radius 2 is 1.91 bits per heavy atom. The number of hydrogen-bond acceptors (Lipinski definition) is 4. The van der Waals surface area contributed by atoms with Crippen molar-refractivity contribution in [2.75, 3.05) is 25.6 Å². The second-order valence-electron chi connectivity index (χ2n) is 7.68. The Balaban J connectivity index is 1.51. The van der Waals surface area contributed by atoms with Crippen LogP contribution in [0.1, 0.15) is 27.2 Å². The molecule has 0 bridgehead atoms. The molecule has 2 amide bonds. The molecule has 3 aromatic rings. The number of hydrogen-bond donors (Lipinski definition) is 1. The first-order valence-electron chi connectivity index (χ1n) is 10.2. The largest absolute Gasteiger partial charge is 0.461 e. The average Bonchev–Trinajstić information content (AvgIpc) is 3.22. The molecule has 2 heterocycles. The Labute approximate surface area is 187 Å². The zero-order chi connectivity index (χ0) is 23.6. The van der Waals surface area contributed by atoms with Crippen LogP contribution in [0.4, 0.5) is 18.9 Å². The van der Waals surface area contributed by atoms with E-state index >= 15 is 0 Å². The number of carbonyl (C=O) groups excluding carboxylic acids is 2. The van der Waals surface area contributed by atoms with E-state index in [0.29, 0.717) is 24.4 Å². The number of carbonyl (C=O) groups is 2. The second kappa shape index (κ2) is 9.11. The Morgan fingerprint density at radius 1 is 1.12 bits per heavy atom. The minimum atomic E-state index is -4.51. The van der Waals surface area contributed by atoms with Crippen molar-refractivity contribution in [3.8, 4) is 11.3 Å². The maximum Gasteiger partial charge on any atom is 0.416 e. The van der Waals surface area contributed by atoms with Crippen LogP contribution in [0.5, 0.6) is 0 Å². The zero-order valence-electron chi connectivity index (χ0n) is 17.7. The van der Waals surface area contributed by atoms with Gasteiger partial charge in [0.25, 0.3) is 5.91 Å². The van der Waals surface area contributed by atoms with Crippen molar-refractivity contribution in [2.45, 2.75) is 19.1 Å². The number of benzene rings is 2. The standard InChI is InChI=1S/C24H21F3N2O4/c1-32-14-22(30)28-19-7-3-4-15(11-19)21-12-17-13-29(9-8-20(17)33-21)23(31)16-5-2-6-18(10-16)24(25,26)27/h2-7,10-12H,8-9,13-14H2,1H3,(H,28,30). The number of ether oxygens (including phenoxy) is 1. The van der Waals surface area contributed by atoms with Gasteiger partial charge in [0.05, 0.1) is 5.56 Å². The third kappa shape index (κ3) is 5.09. The third-order valence-electron chi connectivity index (χ3n) is 5.30. The molecule has 0 unspecified atom stereocenters. The molecule has 6 nitrogen and oxygen atoms in total. The predicted octanol–water partition coefficient (Wildman–Crippen LogP) is 4.75. The van der Waals surface area contributed by atoms with Crippen molar-refractivity contribution in [3.63, 3.8) is 0 Å². The van der Waals surface area contributed by atoms with Gasteiger partial charge in [-0.2, -0.15) is 13.2 Å². The maximum atomic E-state index is 13.0. The Bertz CT molecular complexity index is 1190. The van der Waals surface area contributed by atoms with Crippen LogP contribution >= 0.6 is 0 Å². The molecule has 1 aromatic heterocycles. The summed E-state index contributed by atoms with van der Waals surface area (Å²) in [5.41, 5.74) is 1.27. The highest BCUT2D eigenvalue weighted by molar-refractivity contribution is 5.94. The first-order valence-corrected chi connectivity index (χ1v) is 10.2. The normalized spacial score (nSPS) is 13.5. The Hall–Kier alpha value is -3.59. The topological polar surface area (TPSA) is 71.8 Å². The molecule has 0 atom stereocenters. The van der Waals surface area contributed by atoms with E-state index in [1.54, 1.807) is 18.2 Å². The van der Waals surface area contributed by atoms with Crippen molar-refractivity contribution in [1.82, 2.24) is 4.90 Å². The summed E-state index contributed by atoms with van der Waals surface area (Å²) in [5, 5.41) is 2.73. The molecule has 33 heavy (non-hydrogen) atoms. The minimum Gasteiger partial charge on any atom is -0.461 e. The monoisotopic (exact) mass is 458 g/mol. The highest BCUT2D eigenvalue weighted by atomic mass is 19.4. The zero-order valence-corrected chi connectivity index (χ0v) is 17.7. The molecular weight excluding hydrogens is 437 g/mol. The third-order valence-corrected chi connectivity index (χ3v) is 5.30. The van der Waals surface area contributed by atoms with E-state index in [0.717, 1.165) is 29.0 Å². The highest BCUT2D eigenvalue weighted by Gasteiger charge is 2.32. The number of anilines is 1. The summed E-state index contributed by atoms with van der Waals surface area (Å²) in [6, 6.07) is 13.4. The first kappa shape index (κ1) is 22.6.